The molecule has 0 spiro atoms. The van der Waals surface area contributed by atoms with Gasteiger partial charge in [-0.15, -0.1) is 0 Å². The zero-order chi connectivity index (χ0) is 14.1. The van der Waals surface area contributed by atoms with E-state index < -0.39 is 0 Å². The summed E-state index contributed by atoms with van der Waals surface area (Å²) in [6, 6.07) is 3.94. The second-order valence-electron chi connectivity index (χ2n) is 5.00. The molecule has 2 aromatic rings. The van der Waals surface area contributed by atoms with Crippen molar-refractivity contribution in [2.45, 2.75) is 19.4 Å². The summed E-state index contributed by atoms with van der Waals surface area (Å²) >= 11 is 3.45. The summed E-state index contributed by atoms with van der Waals surface area (Å²) in [6.45, 7) is 3.99. The van der Waals surface area contributed by atoms with E-state index in [-0.39, 0.29) is 11.9 Å². The van der Waals surface area contributed by atoms with Gasteiger partial charge in [-0.25, -0.2) is 4.98 Å². The predicted octanol–water partition coefficient (Wildman–Crippen LogP) is 2.58. The summed E-state index contributed by atoms with van der Waals surface area (Å²) in [5.41, 5.74) is 2.21. The molecular weight excluding hydrogens is 322 g/mol. The van der Waals surface area contributed by atoms with E-state index >= 15 is 0 Å². The van der Waals surface area contributed by atoms with Gasteiger partial charge >= 0.3 is 0 Å². The highest BCUT2D eigenvalue weighted by atomic mass is 79.9. The number of H-pyrrole nitrogens is 1. The fourth-order valence-electron chi connectivity index (χ4n) is 2.53. The molecule has 1 aliphatic rings. The second kappa shape index (κ2) is 5.54. The van der Waals surface area contributed by atoms with Crippen LogP contribution in [0.5, 0.6) is 0 Å². The monoisotopic (exact) mass is 337 g/mol. The quantitative estimate of drug-likeness (QED) is 0.870. The van der Waals surface area contributed by atoms with Crippen LogP contribution in [0.15, 0.2) is 22.9 Å². The van der Waals surface area contributed by atoms with Gasteiger partial charge < -0.3 is 14.6 Å². The number of aromatic amines is 1. The van der Waals surface area contributed by atoms with Crippen LogP contribution in [-0.2, 0) is 4.74 Å². The van der Waals surface area contributed by atoms with Crippen molar-refractivity contribution >= 4 is 32.9 Å². The molecular formula is C14H16BrN3O2. The summed E-state index contributed by atoms with van der Waals surface area (Å²) in [5.74, 6) is 0.0152. The number of rotatable bonds is 1. The lowest BCUT2D eigenvalue weighted by Gasteiger charge is -2.26. The molecule has 1 amide bonds. The third-order valence-electron chi connectivity index (χ3n) is 3.67. The number of fused-ring (bicyclic) bond motifs is 1. The zero-order valence-electron chi connectivity index (χ0n) is 11.2. The fraction of sp³-hybridized carbons (Fsp3) is 0.429. The van der Waals surface area contributed by atoms with E-state index in [0.717, 1.165) is 21.9 Å². The molecule has 0 saturated carbocycles. The summed E-state index contributed by atoms with van der Waals surface area (Å²) in [6.07, 6.45) is 2.48. The molecule has 3 rings (SSSR count). The maximum absolute atomic E-state index is 12.8. The van der Waals surface area contributed by atoms with Crippen LogP contribution in [0.4, 0.5) is 0 Å². The Labute approximate surface area is 125 Å². The number of halogens is 1. The molecule has 1 aliphatic heterocycles. The van der Waals surface area contributed by atoms with E-state index in [9.17, 15) is 4.79 Å². The average molecular weight is 338 g/mol. The number of carbonyl (C=O) groups is 1. The number of hydrogen-bond acceptors (Lipinski definition) is 3. The maximum Gasteiger partial charge on any atom is 0.256 e. The highest BCUT2D eigenvalue weighted by Gasteiger charge is 2.25. The van der Waals surface area contributed by atoms with Crippen LogP contribution in [0.25, 0.3) is 11.0 Å². The Bertz CT molecular complexity index is 640. The molecule has 1 saturated heterocycles. The van der Waals surface area contributed by atoms with Crippen LogP contribution in [0.2, 0.25) is 0 Å². The van der Waals surface area contributed by atoms with Gasteiger partial charge in [0.1, 0.15) is 5.52 Å². The zero-order valence-corrected chi connectivity index (χ0v) is 12.8. The Balaban J connectivity index is 2.01. The summed E-state index contributed by atoms with van der Waals surface area (Å²) in [5, 5.41) is 0. The minimum absolute atomic E-state index is 0.0152. The number of aromatic nitrogens is 2. The molecule has 1 fully saturated rings. The highest BCUT2D eigenvalue weighted by Crippen LogP contribution is 2.24. The molecule has 1 atom stereocenters. The van der Waals surface area contributed by atoms with Gasteiger partial charge in [0, 0.05) is 23.7 Å². The van der Waals surface area contributed by atoms with Crippen LogP contribution in [0.3, 0.4) is 0 Å². The van der Waals surface area contributed by atoms with Gasteiger partial charge in [-0.3, -0.25) is 4.79 Å². The number of benzene rings is 1. The Morgan fingerprint density at radius 1 is 1.50 bits per heavy atom. The lowest BCUT2D eigenvalue weighted by atomic mass is 10.1. The van der Waals surface area contributed by atoms with Crippen molar-refractivity contribution < 1.29 is 9.53 Å². The van der Waals surface area contributed by atoms with Crippen molar-refractivity contribution in [2.24, 2.45) is 0 Å². The van der Waals surface area contributed by atoms with Crippen LogP contribution < -0.4 is 0 Å². The standard InChI is InChI=1S/C14H16BrN3O2/c1-9-2-4-20-5-3-18(9)14(19)11-6-10(15)7-12-13(11)17-8-16-12/h6-9H,2-5H2,1H3,(H,16,17). The minimum atomic E-state index is 0.0152. The fourth-order valence-corrected chi connectivity index (χ4v) is 2.99. The molecule has 1 aromatic heterocycles. The van der Waals surface area contributed by atoms with Crippen LogP contribution in [0.1, 0.15) is 23.7 Å². The first-order valence-corrected chi connectivity index (χ1v) is 7.47. The molecule has 106 valence electrons. The Hall–Kier alpha value is -1.40. The van der Waals surface area contributed by atoms with Gasteiger partial charge in [0.05, 0.1) is 24.0 Å². The first-order chi connectivity index (χ1) is 9.66. The minimum Gasteiger partial charge on any atom is -0.380 e. The third kappa shape index (κ3) is 2.45. The topological polar surface area (TPSA) is 58.2 Å². The van der Waals surface area contributed by atoms with Crippen molar-refractivity contribution in [3.63, 3.8) is 0 Å². The van der Waals surface area contributed by atoms with Gasteiger partial charge in [0.15, 0.2) is 0 Å². The van der Waals surface area contributed by atoms with Crippen molar-refractivity contribution in [1.82, 2.24) is 14.9 Å². The van der Waals surface area contributed by atoms with Crippen molar-refractivity contribution in [3.8, 4) is 0 Å². The highest BCUT2D eigenvalue weighted by molar-refractivity contribution is 9.10. The second-order valence-corrected chi connectivity index (χ2v) is 5.92. The number of amides is 1. The van der Waals surface area contributed by atoms with E-state index in [2.05, 4.69) is 32.8 Å². The molecule has 5 nitrogen and oxygen atoms in total. The smallest absolute Gasteiger partial charge is 0.256 e. The molecule has 0 bridgehead atoms. The van der Waals surface area contributed by atoms with Crippen LogP contribution >= 0.6 is 15.9 Å². The maximum atomic E-state index is 12.8. The average Bonchev–Trinajstić information content (AvgIpc) is 2.78. The number of ether oxygens (including phenoxy) is 1. The molecule has 1 N–H and O–H groups in total. The van der Waals surface area contributed by atoms with E-state index in [4.69, 9.17) is 4.74 Å². The Morgan fingerprint density at radius 3 is 3.20 bits per heavy atom. The molecule has 6 heteroatoms. The normalized spacial score (nSPS) is 20.1. The predicted molar refractivity (Wildman–Crippen MR) is 79.7 cm³/mol. The van der Waals surface area contributed by atoms with Crippen molar-refractivity contribution in [1.29, 1.82) is 0 Å². The summed E-state index contributed by atoms with van der Waals surface area (Å²) < 4.78 is 6.32. The molecule has 20 heavy (non-hydrogen) atoms. The number of nitrogens with zero attached hydrogens (tertiary/aromatic N) is 2. The molecule has 0 radical (unpaired) electrons. The molecule has 1 unspecified atom stereocenters. The first-order valence-electron chi connectivity index (χ1n) is 6.68. The molecule has 1 aromatic carbocycles. The third-order valence-corrected chi connectivity index (χ3v) is 4.13. The van der Waals surface area contributed by atoms with Gasteiger partial charge in [-0.05, 0) is 25.5 Å². The van der Waals surface area contributed by atoms with Gasteiger partial charge in [0.25, 0.3) is 5.91 Å². The van der Waals surface area contributed by atoms with Crippen LogP contribution in [-0.4, -0.2) is 46.6 Å². The molecule has 0 aliphatic carbocycles. The van der Waals surface area contributed by atoms with E-state index in [0.29, 0.717) is 25.3 Å². The number of hydrogen-bond donors (Lipinski definition) is 1. The lowest BCUT2D eigenvalue weighted by molar-refractivity contribution is 0.0689. The van der Waals surface area contributed by atoms with Crippen molar-refractivity contribution in [3.05, 3.63) is 28.5 Å². The Kier molecular flexibility index (Phi) is 3.76. The summed E-state index contributed by atoms with van der Waals surface area (Å²) in [7, 11) is 0. The lowest BCUT2D eigenvalue weighted by Crippen LogP contribution is -2.39. The Morgan fingerprint density at radius 2 is 2.35 bits per heavy atom. The van der Waals surface area contributed by atoms with Gasteiger partial charge in [0.2, 0.25) is 0 Å². The number of nitrogens with one attached hydrogen (secondary N) is 1. The first kappa shape index (κ1) is 13.6. The van der Waals surface area contributed by atoms with E-state index in [1.54, 1.807) is 6.33 Å². The van der Waals surface area contributed by atoms with Crippen molar-refractivity contribution in [2.75, 3.05) is 19.8 Å². The van der Waals surface area contributed by atoms with Gasteiger partial charge in [-0.1, -0.05) is 15.9 Å². The number of carbonyl (C=O) groups excluding carboxylic acids is 1. The largest absolute Gasteiger partial charge is 0.380 e. The summed E-state index contributed by atoms with van der Waals surface area (Å²) in [4.78, 5) is 22.0. The van der Waals surface area contributed by atoms with E-state index in [1.807, 2.05) is 17.0 Å². The van der Waals surface area contributed by atoms with Gasteiger partial charge in [-0.2, -0.15) is 0 Å². The molecule has 2 heterocycles. The van der Waals surface area contributed by atoms with E-state index in [1.165, 1.54) is 0 Å². The SMILES string of the molecule is CC1CCOCCN1C(=O)c1cc(Br)cc2[nH]cnc12. The number of imidazole rings is 1. The van der Waals surface area contributed by atoms with Crippen LogP contribution in [0, 0.1) is 0 Å².